The molecule has 1 amide bonds. The summed E-state index contributed by atoms with van der Waals surface area (Å²) in [4.78, 5) is 16.0. The number of amides is 1. The molecule has 1 heterocycles. The van der Waals surface area contributed by atoms with Gasteiger partial charge in [0.15, 0.2) is 5.58 Å². The van der Waals surface area contributed by atoms with Gasteiger partial charge in [-0.2, -0.15) is 0 Å². The smallest absolute Gasteiger partial charge is 0.238 e. The van der Waals surface area contributed by atoms with Crippen molar-refractivity contribution in [1.82, 2.24) is 15.0 Å². The van der Waals surface area contributed by atoms with Crippen molar-refractivity contribution < 1.29 is 22.4 Å². The van der Waals surface area contributed by atoms with E-state index in [4.69, 9.17) is 9.15 Å². The molecule has 0 fully saturated rings. The maximum atomic E-state index is 11.8. The first-order valence-electron chi connectivity index (χ1n) is 6.47. The SMILES string of the molecule is COc1ccc2oc(CNC(=O)[C@H](C)NS(C)(=O)=O)nc2c1. The largest absolute Gasteiger partial charge is 0.497 e. The van der Waals surface area contributed by atoms with Gasteiger partial charge in [-0.1, -0.05) is 0 Å². The van der Waals surface area contributed by atoms with Crippen LogP contribution in [0.5, 0.6) is 5.75 Å². The van der Waals surface area contributed by atoms with Crippen LogP contribution in [0.3, 0.4) is 0 Å². The molecule has 0 bridgehead atoms. The van der Waals surface area contributed by atoms with Crippen LogP contribution in [0.1, 0.15) is 12.8 Å². The molecule has 1 aromatic heterocycles. The molecule has 0 spiro atoms. The van der Waals surface area contributed by atoms with E-state index in [0.29, 0.717) is 22.7 Å². The lowest BCUT2D eigenvalue weighted by Gasteiger charge is -2.11. The molecule has 2 N–H and O–H groups in total. The number of ether oxygens (including phenoxy) is 1. The Labute approximate surface area is 127 Å². The number of hydrogen-bond acceptors (Lipinski definition) is 6. The van der Waals surface area contributed by atoms with Gasteiger partial charge >= 0.3 is 0 Å². The molecular weight excluding hydrogens is 310 g/mol. The molecule has 0 radical (unpaired) electrons. The summed E-state index contributed by atoms with van der Waals surface area (Å²) in [5.41, 5.74) is 1.19. The van der Waals surface area contributed by atoms with E-state index >= 15 is 0 Å². The molecule has 0 saturated heterocycles. The second-order valence-electron chi connectivity index (χ2n) is 4.77. The highest BCUT2D eigenvalue weighted by Gasteiger charge is 2.17. The quantitative estimate of drug-likeness (QED) is 0.794. The lowest BCUT2D eigenvalue weighted by Crippen LogP contribution is -2.44. The zero-order valence-electron chi connectivity index (χ0n) is 12.4. The third kappa shape index (κ3) is 4.18. The average molecular weight is 327 g/mol. The number of methoxy groups -OCH3 is 1. The number of nitrogens with one attached hydrogen (secondary N) is 2. The Bertz CT molecular complexity index is 784. The van der Waals surface area contributed by atoms with Gasteiger partial charge in [-0.15, -0.1) is 0 Å². The first-order valence-corrected chi connectivity index (χ1v) is 8.36. The molecule has 0 saturated carbocycles. The van der Waals surface area contributed by atoms with Gasteiger partial charge in [0.25, 0.3) is 0 Å². The molecule has 120 valence electrons. The van der Waals surface area contributed by atoms with Gasteiger partial charge in [-0.05, 0) is 19.1 Å². The lowest BCUT2D eigenvalue weighted by atomic mass is 10.3. The number of sulfonamides is 1. The third-order valence-electron chi connectivity index (χ3n) is 2.84. The highest BCUT2D eigenvalue weighted by Crippen LogP contribution is 2.21. The number of hydrogen-bond donors (Lipinski definition) is 2. The minimum atomic E-state index is -3.44. The van der Waals surface area contributed by atoms with Crippen LogP contribution in [0.25, 0.3) is 11.1 Å². The van der Waals surface area contributed by atoms with E-state index in [1.54, 1.807) is 25.3 Å². The maximum absolute atomic E-state index is 11.8. The number of rotatable bonds is 6. The summed E-state index contributed by atoms with van der Waals surface area (Å²) in [7, 11) is -1.89. The molecule has 0 aliphatic carbocycles. The monoisotopic (exact) mass is 327 g/mol. The Hall–Kier alpha value is -2.13. The van der Waals surface area contributed by atoms with Gasteiger partial charge in [0.1, 0.15) is 11.3 Å². The summed E-state index contributed by atoms with van der Waals surface area (Å²) in [5.74, 6) is 0.510. The molecular formula is C13H17N3O5S. The van der Waals surface area contributed by atoms with Crippen molar-refractivity contribution in [3.8, 4) is 5.75 Å². The van der Waals surface area contributed by atoms with Gasteiger partial charge in [-0.25, -0.2) is 18.1 Å². The van der Waals surface area contributed by atoms with Crippen LogP contribution in [0, 0.1) is 0 Å². The summed E-state index contributed by atoms with van der Waals surface area (Å²) in [5, 5.41) is 2.56. The van der Waals surface area contributed by atoms with E-state index in [0.717, 1.165) is 6.26 Å². The lowest BCUT2D eigenvalue weighted by molar-refractivity contribution is -0.122. The van der Waals surface area contributed by atoms with Crippen LogP contribution in [-0.2, 0) is 21.4 Å². The number of carbonyl (C=O) groups excluding carboxylic acids is 1. The van der Waals surface area contributed by atoms with Crippen molar-refractivity contribution in [3.05, 3.63) is 24.1 Å². The average Bonchev–Trinajstić information content (AvgIpc) is 2.84. The van der Waals surface area contributed by atoms with Gasteiger partial charge < -0.3 is 14.5 Å². The Morgan fingerprint density at radius 1 is 1.45 bits per heavy atom. The highest BCUT2D eigenvalue weighted by molar-refractivity contribution is 7.88. The number of oxazole rings is 1. The van der Waals surface area contributed by atoms with Gasteiger partial charge in [0, 0.05) is 6.07 Å². The molecule has 1 aromatic carbocycles. The maximum Gasteiger partial charge on any atom is 0.238 e. The fourth-order valence-electron chi connectivity index (χ4n) is 1.85. The molecule has 0 unspecified atom stereocenters. The van der Waals surface area contributed by atoms with E-state index in [1.165, 1.54) is 6.92 Å². The van der Waals surface area contributed by atoms with Crippen LogP contribution >= 0.6 is 0 Å². The second kappa shape index (κ2) is 6.32. The van der Waals surface area contributed by atoms with Gasteiger partial charge in [0.05, 0.1) is 26.0 Å². The number of carbonyl (C=O) groups is 1. The van der Waals surface area contributed by atoms with Crippen molar-refractivity contribution in [2.75, 3.05) is 13.4 Å². The summed E-state index contributed by atoms with van der Waals surface area (Å²) < 4.78 is 34.9. The number of aromatic nitrogens is 1. The van der Waals surface area contributed by atoms with Crippen molar-refractivity contribution >= 4 is 27.0 Å². The summed E-state index contributed by atoms with van der Waals surface area (Å²) in [6.07, 6.45) is 0.991. The minimum Gasteiger partial charge on any atom is -0.497 e. The van der Waals surface area contributed by atoms with E-state index in [1.807, 2.05) is 0 Å². The molecule has 0 aliphatic heterocycles. The Balaban J connectivity index is 2.01. The number of benzene rings is 1. The Morgan fingerprint density at radius 3 is 2.82 bits per heavy atom. The standard InChI is InChI=1S/C13H17N3O5S/c1-8(16-22(3,18)19)13(17)14-7-12-15-10-6-9(20-2)4-5-11(10)21-12/h4-6,8,16H,7H2,1-3H3,(H,14,17)/t8-/m0/s1. The molecule has 2 rings (SSSR count). The van der Waals surface area contributed by atoms with Crippen molar-refractivity contribution in [2.45, 2.75) is 19.5 Å². The minimum absolute atomic E-state index is 0.0611. The zero-order chi connectivity index (χ0) is 16.3. The van der Waals surface area contributed by atoms with Crippen LogP contribution in [0.15, 0.2) is 22.6 Å². The van der Waals surface area contributed by atoms with Gasteiger partial charge in [0.2, 0.25) is 21.8 Å². The second-order valence-corrected chi connectivity index (χ2v) is 6.55. The predicted molar refractivity (Wildman–Crippen MR) is 79.8 cm³/mol. The van der Waals surface area contributed by atoms with Crippen LogP contribution in [0.2, 0.25) is 0 Å². The van der Waals surface area contributed by atoms with E-state index < -0.39 is 22.0 Å². The van der Waals surface area contributed by atoms with Crippen molar-refractivity contribution in [2.24, 2.45) is 0 Å². The third-order valence-corrected chi connectivity index (χ3v) is 3.62. The molecule has 9 heteroatoms. The zero-order valence-corrected chi connectivity index (χ0v) is 13.2. The fraction of sp³-hybridized carbons (Fsp3) is 0.385. The Kier molecular flexibility index (Phi) is 4.67. The topological polar surface area (TPSA) is 111 Å². The predicted octanol–water partition coefficient (Wildman–Crippen LogP) is 0.390. The first-order chi connectivity index (χ1) is 10.3. The molecule has 2 aromatic rings. The molecule has 0 aliphatic rings. The highest BCUT2D eigenvalue weighted by atomic mass is 32.2. The van der Waals surface area contributed by atoms with Crippen LogP contribution in [0.4, 0.5) is 0 Å². The normalized spacial score (nSPS) is 13.0. The van der Waals surface area contributed by atoms with E-state index in [-0.39, 0.29) is 6.54 Å². The van der Waals surface area contributed by atoms with Gasteiger partial charge in [-0.3, -0.25) is 4.79 Å². The number of nitrogens with zero attached hydrogens (tertiary/aromatic N) is 1. The summed E-state index contributed by atoms with van der Waals surface area (Å²) in [6.45, 7) is 1.51. The summed E-state index contributed by atoms with van der Waals surface area (Å²) in [6, 6.07) is 4.31. The van der Waals surface area contributed by atoms with Crippen LogP contribution in [-0.4, -0.2) is 38.7 Å². The van der Waals surface area contributed by atoms with Crippen molar-refractivity contribution in [1.29, 1.82) is 0 Å². The van der Waals surface area contributed by atoms with Crippen LogP contribution < -0.4 is 14.8 Å². The number of fused-ring (bicyclic) bond motifs is 1. The van der Waals surface area contributed by atoms with E-state index in [2.05, 4.69) is 15.0 Å². The Morgan fingerprint density at radius 2 is 2.18 bits per heavy atom. The molecule has 8 nitrogen and oxygen atoms in total. The first kappa shape index (κ1) is 16.2. The van der Waals surface area contributed by atoms with Crippen molar-refractivity contribution in [3.63, 3.8) is 0 Å². The van der Waals surface area contributed by atoms with E-state index in [9.17, 15) is 13.2 Å². The molecule has 1 atom stereocenters. The summed E-state index contributed by atoms with van der Waals surface area (Å²) >= 11 is 0. The molecule has 22 heavy (non-hydrogen) atoms. The fourth-order valence-corrected chi connectivity index (χ4v) is 2.60.